The molecular formula is C19H20N2O7S. The maximum atomic E-state index is 12.2. The number of rotatable bonds is 8. The highest BCUT2D eigenvalue weighted by molar-refractivity contribution is 7.92. The van der Waals surface area contributed by atoms with E-state index in [4.69, 9.17) is 14.6 Å². The van der Waals surface area contributed by atoms with Crippen LogP contribution in [0.3, 0.4) is 0 Å². The summed E-state index contributed by atoms with van der Waals surface area (Å²) in [6, 6.07) is 10.6. The molecule has 0 spiro atoms. The maximum absolute atomic E-state index is 12.2. The second-order valence-corrected chi connectivity index (χ2v) is 8.31. The van der Waals surface area contributed by atoms with Gasteiger partial charge < -0.3 is 19.9 Å². The minimum Gasteiger partial charge on any atom is -0.478 e. The molecular weight excluding hydrogens is 400 g/mol. The fourth-order valence-electron chi connectivity index (χ4n) is 2.83. The average molecular weight is 420 g/mol. The first-order valence-electron chi connectivity index (χ1n) is 8.74. The number of sulfonamides is 1. The predicted molar refractivity (Wildman–Crippen MR) is 106 cm³/mol. The zero-order chi connectivity index (χ0) is 21.0. The zero-order valence-corrected chi connectivity index (χ0v) is 16.4. The molecule has 10 heteroatoms. The highest BCUT2D eigenvalue weighted by Crippen LogP contribution is 2.36. The summed E-state index contributed by atoms with van der Waals surface area (Å²) in [6.45, 7) is 0.203. The van der Waals surface area contributed by atoms with Crippen molar-refractivity contribution in [2.45, 2.75) is 12.8 Å². The lowest BCUT2D eigenvalue weighted by atomic mass is 10.2. The van der Waals surface area contributed by atoms with Crippen molar-refractivity contribution in [3.63, 3.8) is 0 Å². The van der Waals surface area contributed by atoms with Crippen molar-refractivity contribution in [2.24, 2.45) is 0 Å². The molecule has 0 aliphatic carbocycles. The first kappa shape index (κ1) is 20.5. The molecule has 2 N–H and O–H groups in total. The van der Waals surface area contributed by atoms with E-state index in [1.807, 2.05) is 0 Å². The van der Waals surface area contributed by atoms with E-state index in [0.717, 1.165) is 6.26 Å². The van der Waals surface area contributed by atoms with Crippen LogP contribution in [0, 0.1) is 0 Å². The molecule has 0 bridgehead atoms. The van der Waals surface area contributed by atoms with Gasteiger partial charge in [-0.1, -0.05) is 0 Å². The zero-order valence-electron chi connectivity index (χ0n) is 15.6. The van der Waals surface area contributed by atoms with Crippen LogP contribution in [0.2, 0.25) is 0 Å². The van der Waals surface area contributed by atoms with Gasteiger partial charge in [0.25, 0.3) is 0 Å². The fraction of sp³-hybridized carbons (Fsp3) is 0.263. The van der Waals surface area contributed by atoms with Gasteiger partial charge in [0.05, 0.1) is 17.5 Å². The van der Waals surface area contributed by atoms with Crippen LogP contribution in [0.5, 0.6) is 11.5 Å². The number of fused-ring (bicyclic) bond motifs is 1. The van der Waals surface area contributed by atoms with Gasteiger partial charge in [-0.15, -0.1) is 0 Å². The van der Waals surface area contributed by atoms with Crippen molar-refractivity contribution in [2.75, 3.05) is 29.2 Å². The number of carboxylic acids is 1. The van der Waals surface area contributed by atoms with Crippen LogP contribution in [0.15, 0.2) is 42.5 Å². The molecule has 0 saturated heterocycles. The molecule has 2 aromatic carbocycles. The first-order chi connectivity index (χ1) is 13.7. The Bertz CT molecular complexity index is 1020. The number of anilines is 2. The van der Waals surface area contributed by atoms with E-state index in [1.165, 1.54) is 28.6 Å². The number of benzene rings is 2. The normalized spacial score (nSPS) is 12.4. The third-order valence-electron chi connectivity index (χ3n) is 4.23. The summed E-state index contributed by atoms with van der Waals surface area (Å²) in [7, 11) is -3.56. The Morgan fingerprint density at radius 2 is 1.79 bits per heavy atom. The SMILES string of the molecule is CS(=O)(=O)N(CCCC(=O)Nc1ccc(C(=O)O)cc1)c1ccc2c(c1)OCO2. The number of carbonyl (C=O) groups is 2. The minimum atomic E-state index is -3.56. The Morgan fingerprint density at radius 1 is 1.10 bits per heavy atom. The fourth-order valence-corrected chi connectivity index (χ4v) is 3.79. The Morgan fingerprint density at radius 3 is 2.45 bits per heavy atom. The summed E-state index contributed by atoms with van der Waals surface area (Å²) in [5.41, 5.74) is 1.02. The molecule has 0 aromatic heterocycles. The Kier molecular flexibility index (Phi) is 5.92. The van der Waals surface area contributed by atoms with Gasteiger partial charge in [0.1, 0.15) is 0 Å². The van der Waals surface area contributed by atoms with Crippen molar-refractivity contribution in [1.29, 1.82) is 0 Å². The summed E-state index contributed by atoms with van der Waals surface area (Å²) >= 11 is 0. The van der Waals surface area contributed by atoms with Gasteiger partial charge in [-0.05, 0) is 42.8 Å². The van der Waals surface area contributed by atoms with Gasteiger partial charge in [-0.2, -0.15) is 0 Å². The molecule has 0 atom stereocenters. The van der Waals surface area contributed by atoms with Crippen molar-refractivity contribution in [3.8, 4) is 11.5 Å². The number of amides is 1. The summed E-state index contributed by atoms with van der Waals surface area (Å²) in [6.07, 6.45) is 1.49. The van der Waals surface area contributed by atoms with E-state index >= 15 is 0 Å². The van der Waals surface area contributed by atoms with E-state index < -0.39 is 16.0 Å². The third kappa shape index (κ3) is 5.17. The van der Waals surface area contributed by atoms with Crippen LogP contribution in [-0.4, -0.2) is 45.0 Å². The molecule has 9 nitrogen and oxygen atoms in total. The lowest BCUT2D eigenvalue weighted by Crippen LogP contribution is -2.31. The highest BCUT2D eigenvalue weighted by Gasteiger charge is 2.21. The topological polar surface area (TPSA) is 122 Å². The number of hydrogen-bond donors (Lipinski definition) is 2. The Labute approximate surface area is 167 Å². The number of hydrogen-bond acceptors (Lipinski definition) is 6. The second kappa shape index (κ2) is 8.39. The first-order valence-corrected chi connectivity index (χ1v) is 10.6. The van der Waals surface area contributed by atoms with Crippen LogP contribution in [-0.2, 0) is 14.8 Å². The van der Waals surface area contributed by atoms with Crippen molar-refractivity contribution >= 4 is 33.3 Å². The Hall–Kier alpha value is -3.27. The number of aromatic carboxylic acids is 1. The molecule has 0 saturated carbocycles. The van der Waals surface area contributed by atoms with E-state index in [0.29, 0.717) is 29.3 Å². The molecule has 1 aliphatic rings. The quantitative estimate of drug-likeness (QED) is 0.672. The van der Waals surface area contributed by atoms with Gasteiger partial charge in [-0.25, -0.2) is 13.2 Å². The molecule has 1 heterocycles. The van der Waals surface area contributed by atoms with E-state index in [1.54, 1.807) is 18.2 Å². The van der Waals surface area contributed by atoms with Crippen LogP contribution in [0.1, 0.15) is 23.2 Å². The number of ether oxygens (including phenoxy) is 2. The molecule has 3 rings (SSSR count). The van der Waals surface area contributed by atoms with Crippen molar-refractivity contribution in [1.82, 2.24) is 0 Å². The minimum absolute atomic E-state index is 0.0886. The number of nitrogens with zero attached hydrogens (tertiary/aromatic N) is 1. The average Bonchev–Trinajstić information content (AvgIpc) is 3.12. The molecule has 29 heavy (non-hydrogen) atoms. The van der Waals surface area contributed by atoms with Gasteiger partial charge >= 0.3 is 5.97 Å². The van der Waals surface area contributed by atoms with E-state index in [9.17, 15) is 18.0 Å². The molecule has 154 valence electrons. The molecule has 0 fully saturated rings. The van der Waals surface area contributed by atoms with Gasteiger partial charge in [0.15, 0.2) is 11.5 Å². The Balaban J connectivity index is 1.59. The molecule has 0 radical (unpaired) electrons. The van der Waals surface area contributed by atoms with Gasteiger partial charge in [0, 0.05) is 24.7 Å². The van der Waals surface area contributed by atoms with Crippen molar-refractivity contribution in [3.05, 3.63) is 48.0 Å². The van der Waals surface area contributed by atoms with Gasteiger partial charge in [-0.3, -0.25) is 9.10 Å². The molecule has 0 unspecified atom stereocenters. The molecule has 1 amide bonds. The van der Waals surface area contributed by atoms with Crippen LogP contribution in [0.25, 0.3) is 0 Å². The largest absolute Gasteiger partial charge is 0.478 e. The second-order valence-electron chi connectivity index (χ2n) is 6.41. The van der Waals surface area contributed by atoms with Crippen LogP contribution in [0.4, 0.5) is 11.4 Å². The lowest BCUT2D eigenvalue weighted by Gasteiger charge is -2.22. The highest BCUT2D eigenvalue weighted by atomic mass is 32.2. The van der Waals surface area contributed by atoms with Gasteiger partial charge in [0.2, 0.25) is 22.7 Å². The monoisotopic (exact) mass is 420 g/mol. The third-order valence-corrected chi connectivity index (χ3v) is 5.42. The van der Waals surface area contributed by atoms with E-state index in [-0.39, 0.29) is 31.2 Å². The number of carboxylic acid groups (broad SMARTS) is 1. The number of carbonyl (C=O) groups excluding carboxylic acids is 1. The summed E-state index contributed by atoms with van der Waals surface area (Å²) in [5.74, 6) is -0.325. The maximum Gasteiger partial charge on any atom is 0.335 e. The van der Waals surface area contributed by atoms with Crippen molar-refractivity contribution < 1.29 is 32.6 Å². The lowest BCUT2D eigenvalue weighted by molar-refractivity contribution is -0.116. The molecule has 1 aliphatic heterocycles. The summed E-state index contributed by atoms with van der Waals surface area (Å²) < 4.78 is 36.1. The number of nitrogens with one attached hydrogen (secondary N) is 1. The smallest absolute Gasteiger partial charge is 0.335 e. The summed E-state index contributed by atoms with van der Waals surface area (Å²) in [5, 5.41) is 11.5. The van der Waals surface area contributed by atoms with Crippen LogP contribution < -0.4 is 19.1 Å². The summed E-state index contributed by atoms with van der Waals surface area (Å²) in [4.78, 5) is 23.0. The van der Waals surface area contributed by atoms with Crippen LogP contribution >= 0.6 is 0 Å². The standard InChI is InChI=1S/C19H20N2O7S/c1-29(25,26)21(15-8-9-16-17(11-15)28-12-27-16)10-2-3-18(22)20-14-6-4-13(5-7-14)19(23)24/h4-9,11H,2-3,10,12H2,1H3,(H,20,22)(H,23,24). The van der Waals surface area contributed by atoms with E-state index in [2.05, 4.69) is 5.32 Å². The predicted octanol–water partition coefficient (Wildman–Crippen LogP) is 2.30. The molecule has 2 aromatic rings.